The molecule has 0 bridgehead atoms. The summed E-state index contributed by atoms with van der Waals surface area (Å²) < 4.78 is 27.4. The first-order valence-corrected chi connectivity index (χ1v) is 9.19. The lowest BCUT2D eigenvalue weighted by molar-refractivity contribution is 0.416. The maximum atomic E-state index is 12.5. The fourth-order valence-corrected chi connectivity index (χ4v) is 5.41. The van der Waals surface area contributed by atoms with Gasteiger partial charge < -0.3 is 0 Å². The predicted molar refractivity (Wildman–Crippen MR) is 79.4 cm³/mol. The highest BCUT2D eigenvalue weighted by Crippen LogP contribution is 2.27. The van der Waals surface area contributed by atoms with Crippen molar-refractivity contribution in [3.05, 3.63) is 28.7 Å². The maximum absolute atomic E-state index is 12.5. The van der Waals surface area contributed by atoms with Gasteiger partial charge in [0.15, 0.2) is 0 Å². The van der Waals surface area contributed by atoms with Crippen LogP contribution in [0.5, 0.6) is 0 Å². The van der Waals surface area contributed by atoms with E-state index in [2.05, 4.69) is 22.9 Å². The van der Waals surface area contributed by atoms with Crippen molar-refractivity contribution in [1.29, 1.82) is 0 Å². The van der Waals surface area contributed by atoms with E-state index < -0.39 is 10.0 Å². The quantitative estimate of drug-likeness (QED) is 0.841. The topological polar surface area (TPSA) is 37.4 Å². The molecular weight excluding hydrogens is 334 g/mol. The first-order chi connectivity index (χ1) is 8.54. The second-order valence-electron chi connectivity index (χ2n) is 4.22. The van der Waals surface area contributed by atoms with Crippen LogP contribution in [0.4, 0.5) is 0 Å². The molecule has 1 aliphatic heterocycles. The van der Waals surface area contributed by atoms with Crippen molar-refractivity contribution in [2.45, 2.75) is 23.5 Å². The standard InChI is InChI=1S/C12H16BrNO2S2/c1-2-11-9-14(6-7-17-11)18(15,16)12-5-3-4-10(13)8-12/h3-5,8,11H,2,6-7,9H2,1H3. The molecule has 1 fully saturated rings. The number of sulfonamides is 1. The van der Waals surface area contributed by atoms with Crippen LogP contribution < -0.4 is 0 Å². The third-order valence-corrected chi connectivity index (χ3v) is 6.72. The van der Waals surface area contributed by atoms with Gasteiger partial charge in [0.25, 0.3) is 0 Å². The van der Waals surface area contributed by atoms with Gasteiger partial charge >= 0.3 is 0 Å². The number of hydrogen-bond donors (Lipinski definition) is 0. The van der Waals surface area contributed by atoms with Crippen molar-refractivity contribution in [2.24, 2.45) is 0 Å². The molecule has 6 heteroatoms. The van der Waals surface area contributed by atoms with Crippen LogP contribution in [0.25, 0.3) is 0 Å². The molecule has 1 aromatic rings. The van der Waals surface area contributed by atoms with Crippen LogP contribution in [0.2, 0.25) is 0 Å². The summed E-state index contributed by atoms with van der Waals surface area (Å²) in [5.74, 6) is 0.881. The molecule has 1 saturated heterocycles. The van der Waals surface area contributed by atoms with Crippen LogP contribution in [0.3, 0.4) is 0 Å². The van der Waals surface area contributed by atoms with E-state index in [0.717, 1.165) is 16.6 Å². The van der Waals surface area contributed by atoms with Crippen LogP contribution >= 0.6 is 27.7 Å². The molecule has 3 nitrogen and oxygen atoms in total. The van der Waals surface area contributed by atoms with Crippen molar-refractivity contribution in [2.75, 3.05) is 18.8 Å². The van der Waals surface area contributed by atoms with Crippen molar-refractivity contribution in [1.82, 2.24) is 4.31 Å². The van der Waals surface area contributed by atoms with Crippen LogP contribution in [0.1, 0.15) is 13.3 Å². The molecule has 0 saturated carbocycles. The van der Waals surface area contributed by atoms with E-state index in [9.17, 15) is 8.42 Å². The Hall–Kier alpha value is -0.0400. The number of hydrogen-bond acceptors (Lipinski definition) is 3. The number of rotatable bonds is 3. The highest BCUT2D eigenvalue weighted by atomic mass is 79.9. The average molecular weight is 350 g/mol. The number of benzene rings is 1. The van der Waals surface area contributed by atoms with Gasteiger partial charge in [0.05, 0.1) is 4.90 Å². The summed E-state index contributed by atoms with van der Waals surface area (Å²) in [5.41, 5.74) is 0. The number of halogens is 1. The Kier molecular flexibility index (Phi) is 4.75. The van der Waals surface area contributed by atoms with Crippen molar-refractivity contribution >= 4 is 37.7 Å². The maximum Gasteiger partial charge on any atom is 0.243 e. The third kappa shape index (κ3) is 3.10. The second kappa shape index (κ2) is 5.94. The van der Waals surface area contributed by atoms with Gasteiger partial charge in [-0.25, -0.2) is 8.42 Å². The van der Waals surface area contributed by atoms with Gasteiger partial charge in [-0.15, -0.1) is 0 Å². The van der Waals surface area contributed by atoms with Gasteiger partial charge in [-0.2, -0.15) is 16.1 Å². The van der Waals surface area contributed by atoms with Crippen LogP contribution in [-0.2, 0) is 10.0 Å². The van der Waals surface area contributed by atoms with Crippen LogP contribution in [0, 0.1) is 0 Å². The van der Waals surface area contributed by atoms with Gasteiger partial charge in [-0.05, 0) is 24.6 Å². The summed E-state index contributed by atoms with van der Waals surface area (Å²) >= 11 is 5.18. The highest BCUT2D eigenvalue weighted by molar-refractivity contribution is 9.10. The van der Waals surface area contributed by atoms with Crippen LogP contribution in [0.15, 0.2) is 33.6 Å². The Balaban J connectivity index is 2.25. The molecule has 1 unspecified atom stereocenters. The predicted octanol–water partition coefficient (Wildman–Crippen LogP) is 2.97. The summed E-state index contributed by atoms with van der Waals surface area (Å²) in [6.45, 7) is 3.33. The van der Waals surface area contributed by atoms with E-state index in [1.165, 1.54) is 0 Å². The zero-order valence-electron chi connectivity index (χ0n) is 10.2. The van der Waals surface area contributed by atoms with Crippen molar-refractivity contribution in [3.63, 3.8) is 0 Å². The molecule has 18 heavy (non-hydrogen) atoms. The lowest BCUT2D eigenvalue weighted by Gasteiger charge is -2.31. The molecule has 100 valence electrons. The second-order valence-corrected chi connectivity index (χ2v) is 8.48. The summed E-state index contributed by atoms with van der Waals surface area (Å²) in [5, 5.41) is 0.417. The Morgan fingerprint density at radius 1 is 1.50 bits per heavy atom. The normalized spacial score (nSPS) is 22.0. The Bertz CT molecular complexity index is 519. The van der Waals surface area contributed by atoms with E-state index in [0.29, 0.717) is 23.2 Å². The van der Waals surface area contributed by atoms with Gasteiger partial charge in [-0.1, -0.05) is 28.9 Å². The lowest BCUT2D eigenvalue weighted by Crippen LogP contribution is -2.41. The summed E-state index contributed by atoms with van der Waals surface area (Å²) in [4.78, 5) is 0.374. The minimum Gasteiger partial charge on any atom is -0.207 e. The van der Waals surface area contributed by atoms with Gasteiger partial charge in [0.1, 0.15) is 0 Å². The number of thioether (sulfide) groups is 1. The van der Waals surface area contributed by atoms with Crippen LogP contribution in [-0.4, -0.2) is 36.8 Å². The summed E-state index contributed by atoms with van der Waals surface area (Å²) in [6, 6.07) is 6.91. The number of nitrogens with zero attached hydrogens (tertiary/aromatic N) is 1. The van der Waals surface area contributed by atoms with E-state index >= 15 is 0 Å². The largest absolute Gasteiger partial charge is 0.243 e. The molecule has 1 aromatic carbocycles. The zero-order chi connectivity index (χ0) is 13.2. The minimum atomic E-state index is -3.34. The first kappa shape index (κ1) is 14.4. The fourth-order valence-electron chi connectivity index (χ4n) is 1.93. The molecule has 1 heterocycles. The van der Waals surface area contributed by atoms with Gasteiger partial charge in [-0.3, -0.25) is 0 Å². The molecule has 0 spiro atoms. The Labute approximate surface area is 121 Å². The minimum absolute atomic E-state index is 0.374. The zero-order valence-corrected chi connectivity index (χ0v) is 13.4. The highest BCUT2D eigenvalue weighted by Gasteiger charge is 2.29. The van der Waals surface area contributed by atoms with Gasteiger partial charge in [0, 0.05) is 28.6 Å². The molecule has 1 atom stereocenters. The molecule has 0 N–H and O–H groups in total. The average Bonchev–Trinajstić information content (AvgIpc) is 2.39. The monoisotopic (exact) mass is 349 g/mol. The molecule has 0 aliphatic carbocycles. The van der Waals surface area contributed by atoms with Crippen molar-refractivity contribution < 1.29 is 8.42 Å². The van der Waals surface area contributed by atoms with E-state index in [4.69, 9.17) is 0 Å². The molecule has 0 aromatic heterocycles. The first-order valence-electron chi connectivity index (χ1n) is 5.91. The Morgan fingerprint density at radius 2 is 2.28 bits per heavy atom. The molecule has 1 aliphatic rings. The summed E-state index contributed by atoms with van der Waals surface area (Å²) in [7, 11) is -3.34. The lowest BCUT2D eigenvalue weighted by atomic mass is 10.3. The molecular formula is C12H16BrNO2S2. The molecule has 0 radical (unpaired) electrons. The Morgan fingerprint density at radius 3 is 2.94 bits per heavy atom. The SMILES string of the molecule is CCC1CN(S(=O)(=O)c2cccc(Br)c2)CCS1. The van der Waals surface area contributed by atoms with E-state index in [-0.39, 0.29) is 0 Å². The van der Waals surface area contributed by atoms with Crippen molar-refractivity contribution in [3.8, 4) is 0 Å². The summed E-state index contributed by atoms with van der Waals surface area (Å²) in [6.07, 6.45) is 1.01. The van der Waals surface area contributed by atoms with E-state index in [1.54, 1.807) is 22.5 Å². The van der Waals surface area contributed by atoms with Gasteiger partial charge in [0.2, 0.25) is 10.0 Å². The molecule has 2 rings (SSSR count). The smallest absolute Gasteiger partial charge is 0.207 e. The van der Waals surface area contributed by atoms with E-state index in [1.807, 2.05) is 17.8 Å². The third-order valence-electron chi connectivity index (χ3n) is 2.99. The molecule has 0 amide bonds. The fraction of sp³-hybridized carbons (Fsp3) is 0.500.